The van der Waals surface area contributed by atoms with Crippen molar-refractivity contribution in [2.75, 3.05) is 16.2 Å². The summed E-state index contributed by atoms with van der Waals surface area (Å²) >= 11 is 0. The number of anilines is 2. The molecule has 1 heterocycles. The number of aromatic nitrogens is 1. The lowest BCUT2D eigenvalue weighted by molar-refractivity contribution is 0.463. The molecular weight excluding hydrogens is 274 g/mol. The van der Waals surface area contributed by atoms with Crippen LogP contribution in [0.3, 0.4) is 0 Å². The number of benzene rings is 1. The van der Waals surface area contributed by atoms with Crippen LogP contribution in [-0.2, 0) is 10.0 Å². The van der Waals surface area contributed by atoms with Gasteiger partial charge in [-0.3, -0.25) is 9.71 Å². The molecule has 6 heteroatoms. The first-order valence-corrected chi connectivity index (χ1v) is 7.97. The van der Waals surface area contributed by atoms with Gasteiger partial charge in [0.15, 0.2) is 0 Å². The second kappa shape index (κ2) is 4.94. The molecule has 108 valence electrons. The third-order valence-corrected chi connectivity index (χ3v) is 4.47. The van der Waals surface area contributed by atoms with Crippen molar-refractivity contribution in [3.8, 4) is 0 Å². The maximum atomic E-state index is 12.2. The van der Waals surface area contributed by atoms with Crippen LogP contribution >= 0.6 is 0 Å². The van der Waals surface area contributed by atoms with Crippen LogP contribution in [-0.4, -0.2) is 19.2 Å². The SMILES string of the molecule is CC(C)(C)CS(=O)(=O)Nc1ccc(N)c2ncccc12. The topological polar surface area (TPSA) is 85.1 Å². The first-order chi connectivity index (χ1) is 9.18. The molecule has 0 saturated carbocycles. The summed E-state index contributed by atoms with van der Waals surface area (Å²) in [5, 5.41) is 0.699. The first-order valence-electron chi connectivity index (χ1n) is 6.32. The van der Waals surface area contributed by atoms with E-state index in [1.807, 2.05) is 20.8 Å². The fourth-order valence-electron chi connectivity index (χ4n) is 2.06. The molecule has 0 unspecified atom stereocenters. The Balaban J connectivity index is 2.43. The molecule has 5 nitrogen and oxygen atoms in total. The quantitative estimate of drug-likeness (QED) is 0.852. The number of nitrogen functional groups attached to an aromatic ring is 1. The maximum Gasteiger partial charge on any atom is 0.233 e. The van der Waals surface area contributed by atoms with E-state index in [0.717, 1.165) is 0 Å². The smallest absolute Gasteiger partial charge is 0.233 e. The summed E-state index contributed by atoms with van der Waals surface area (Å²) in [5.41, 5.74) is 7.17. The van der Waals surface area contributed by atoms with Gasteiger partial charge in [-0.05, 0) is 29.7 Å². The Bertz CT molecular complexity index is 734. The number of pyridine rings is 1. The van der Waals surface area contributed by atoms with Crippen LogP contribution < -0.4 is 10.5 Å². The molecule has 0 aliphatic rings. The molecule has 0 atom stereocenters. The third-order valence-electron chi connectivity index (χ3n) is 2.69. The summed E-state index contributed by atoms with van der Waals surface area (Å²) in [6, 6.07) is 6.88. The van der Waals surface area contributed by atoms with E-state index in [4.69, 9.17) is 5.73 Å². The molecule has 2 aromatic rings. The zero-order valence-corrected chi connectivity index (χ0v) is 12.7. The highest BCUT2D eigenvalue weighted by molar-refractivity contribution is 7.92. The second-order valence-corrected chi connectivity index (χ2v) is 7.75. The van der Waals surface area contributed by atoms with Gasteiger partial charge in [0.1, 0.15) is 0 Å². The minimum absolute atomic E-state index is 0.0477. The van der Waals surface area contributed by atoms with Gasteiger partial charge in [0.25, 0.3) is 0 Å². The Labute approximate surface area is 119 Å². The van der Waals surface area contributed by atoms with Crippen molar-refractivity contribution in [1.29, 1.82) is 0 Å². The van der Waals surface area contributed by atoms with Gasteiger partial charge < -0.3 is 5.73 Å². The van der Waals surface area contributed by atoms with Crippen LogP contribution in [0.4, 0.5) is 11.4 Å². The number of nitrogens with two attached hydrogens (primary N) is 1. The summed E-state index contributed by atoms with van der Waals surface area (Å²) < 4.78 is 27.0. The zero-order valence-electron chi connectivity index (χ0n) is 11.8. The summed E-state index contributed by atoms with van der Waals surface area (Å²) in [7, 11) is -3.42. The molecule has 2 rings (SSSR count). The zero-order chi connectivity index (χ0) is 15.0. The highest BCUT2D eigenvalue weighted by Crippen LogP contribution is 2.28. The van der Waals surface area contributed by atoms with Crippen molar-refractivity contribution in [2.45, 2.75) is 20.8 Å². The molecule has 0 aliphatic carbocycles. The van der Waals surface area contributed by atoms with Crippen LogP contribution in [0.5, 0.6) is 0 Å². The van der Waals surface area contributed by atoms with Gasteiger partial charge in [0.05, 0.1) is 22.6 Å². The Morgan fingerprint density at radius 2 is 1.95 bits per heavy atom. The number of hydrogen-bond acceptors (Lipinski definition) is 4. The van der Waals surface area contributed by atoms with Gasteiger partial charge in [-0.25, -0.2) is 8.42 Å². The number of nitrogens with zero attached hydrogens (tertiary/aromatic N) is 1. The molecule has 20 heavy (non-hydrogen) atoms. The number of rotatable bonds is 3. The molecular formula is C14H19N3O2S. The van der Waals surface area contributed by atoms with Gasteiger partial charge in [-0.1, -0.05) is 20.8 Å². The Morgan fingerprint density at radius 1 is 1.25 bits per heavy atom. The Kier molecular flexibility index (Phi) is 3.60. The normalized spacial score (nSPS) is 12.6. The lowest BCUT2D eigenvalue weighted by atomic mass is 10.0. The van der Waals surface area contributed by atoms with Crippen LogP contribution in [0.2, 0.25) is 0 Å². The van der Waals surface area contributed by atoms with E-state index >= 15 is 0 Å². The summed E-state index contributed by atoms with van der Waals surface area (Å²) in [5.74, 6) is 0.0477. The minimum atomic E-state index is -3.42. The van der Waals surface area contributed by atoms with Crippen molar-refractivity contribution < 1.29 is 8.42 Å². The summed E-state index contributed by atoms with van der Waals surface area (Å²) in [4.78, 5) is 4.19. The van der Waals surface area contributed by atoms with Gasteiger partial charge >= 0.3 is 0 Å². The molecule has 0 spiro atoms. The Morgan fingerprint density at radius 3 is 2.60 bits per heavy atom. The standard InChI is InChI=1S/C14H19N3O2S/c1-14(2,3)9-20(18,19)17-12-7-6-11(15)13-10(12)5-4-8-16-13/h4-8,17H,9,15H2,1-3H3. The highest BCUT2D eigenvalue weighted by Gasteiger charge is 2.22. The van der Waals surface area contributed by atoms with Crippen molar-refractivity contribution in [1.82, 2.24) is 4.98 Å². The molecule has 0 fully saturated rings. The van der Waals surface area contributed by atoms with E-state index in [1.54, 1.807) is 30.5 Å². The van der Waals surface area contributed by atoms with Crippen molar-refractivity contribution in [3.05, 3.63) is 30.5 Å². The fourth-order valence-corrected chi connectivity index (χ4v) is 3.78. The van der Waals surface area contributed by atoms with Crippen LogP contribution in [0.1, 0.15) is 20.8 Å². The van der Waals surface area contributed by atoms with E-state index < -0.39 is 10.0 Å². The number of hydrogen-bond donors (Lipinski definition) is 2. The highest BCUT2D eigenvalue weighted by atomic mass is 32.2. The van der Waals surface area contributed by atoms with E-state index in [1.165, 1.54) is 0 Å². The maximum absolute atomic E-state index is 12.2. The molecule has 1 aromatic heterocycles. The minimum Gasteiger partial charge on any atom is -0.397 e. The summed E-state index contributed by atoms with van der Waals surface area (Å²) in [6.07, 6.45) is 1.63. The van der Waals surface area contributed by atoms with E-state index in [-0.39, 0.29) is 11.2 Å². The van der Waals surface area contributed by atoms with Crippen molar-refractivity contribution >= 4 is 32.3 Å². The van der Waals surface area contributed by atoms with Crippen LogP contribution in [0.25, 0.3) is 10.9 Å². The Hall–Kier alpha value is -1.82. The van der Waals surface area contributed by atoms with Crippen LogP contribution in [0, 0.1) is 5.41 Å². The predicted molar refractivity (Wildman–Crippen MR) is 83.0 cm³/mol. The average molecular weight is 293 g/mol. The predicted octanol–water partition coefficient (Wildman–Crippen LogP) is 2.60. The molecule has 0 radical (unpaired) electrons. The third kappa shape index (κ3) is 3.39. The molecule has 0 amide bonds. The molecule has 0 saturated heterocycles. The van der Waals surface area contributed by atoms with Gasteiger partial charge in [-0.15, -0.1) is 0 Å². The van der Waals surface area contributed by atoms with Crippen LogP contribution in [0.15, 0.2) is 30.5 Å². The van der Waals surface area contributed by atoms with Crippen molar-refractivity contribution in [3.63, 3.8) is 0 Å². The number of sulfonamides is 1. The lowest BCUT2D eigenvalue weighted by Gasteiger charge is -2.19. The van der Waals surface area contributed by atoms with E-state index in [2.05, 4.69) is 9.71 Å². The second-order valence-electron chi connectivity index (χ2n) is 6.02. The lowest BCUT2D eigenvalue weighted by Crippen LogP contribution is -2.26. The van der Waals surface area contributed by atoms with Gasteiger partial charge in [0.2, 0.25) is 10.0 Å². The molecule has 0 aliphatic heterocycles. The number of fused-ring (bicyclic) bond motifs is 1. The van der Waals surface area contributed by atoms with Gasteiger partial charge in [0, 0.05) is 11.6 Å². The van der Waals surface area contributed by atoms with Gasteiger partial charge in [-0.2, -0.15) is 0 Å². The first kappa shape index (κ1) is 14.6. The van der Waals surface area contributed by atoms with E-state index in [0.29, 0.717) is 22.3 Å². The average Bonchev–Trinajstić information content (AvgIpc) is 2.30. The monoisotopic (exact) mass is 293 g/mol. The molecule has 1 aromatic carbocycles. The summed E-state index contributed by atoms with van der Waals surface area (Å²) in [6.45, 7) is 5.65. The van der Waals surface area contributed by atoms with E-state index in [9.17, 15) is 8.42 Å². The van der Waals surface area contributed by atoms with Crippen molar-refractivity contribution in [2.24, 2.45) is 5.41 Å². The largest absolute Gasteiger partial charge is 0.397 e. The molecule has 0 bridgehead atoms. The molecule has 3 N–H and O–H groups in total. The fraction of sp³-hybridized carbons (Fsp3) is 0.357. The number of nitrogens with one attached hydrogen (secondary N) is 1.